The van der Waals surface area contributed by atoms with E-state index in [9.17, 15) is 4.79 Å². The summed E-state index contributed by atoms with van der Waals surface area (Å²) in [5.41, 5.74) is 2.23. The van der Waals surface area contributed by atoms with Gasteiger partial charge in [0.05, 0.1) is 24.4 Å². The van der Waals surface area contributed by atoms with Crippen LogP contribution in [0.4, 0.5) is 5.69 Å². The number of halogens is 3. The zero-order valence-corrected chi connectivity index (χ0v) is 18.0. The predicted molar refractivity (Wildman–Crippen MR) is 117 cm³/mol. The van der Waals surface area contributed by atoms with Crippen molar-refractivity contribution in [2.24, 2.45) is 0 Å². The van der Waals surface area contributed by atoms with Crippen molar-refractivity contribution in [2.45, 2.75) is 13.0 Å². The van der Waals surface area contributed by atoms with Crippen LogP contribution in [0.5, 0.6) is 5.75 Å². The molecule has 28 heavy (non-hydrogen) atoms. The van der Waals surface area contributed by atoms with E-state index in [2.05, 4.69) is 16.0 Å². The molecule has 0 saturated carbocycles. The first-order valence-electron chi connectivity index (χ1n) is 8.18. The summed E-state index contributed by atoms with van der Waals surface area (Å²) in [5, 5.41) is 10.8. The molecule has 0 saturated heterocycles. The van der Waals surface area contributed by atoms with Gasteiger partial charge in [0.15, 0.2) is 5.11 Å². The Morgan fingerprint density at radius 1 is 1.14 bits per heavy atom. The van der Waals surface area contributed by atoms with E-state index in [-0.39, 0.29) is 5.91 Å². The van der Waals surface area contributed by atoms with Gasteiger partial charge in [0.25, 0.3) is 5.91 Å². The second-order valence-corrected chi connectivity index (χ2v) is 7.72. The molecule has 0 fully saturated rings. The number of hydrogen-bond acceptors (Lipinski definition) is 3. The number of hydrogen-bond donors (Lipinski definition) is 3. The number of thiocarbonyl (C=S) groups is 1. The molecular weight excluding hydrogens is 441 g/mol. The average molecular weight is 457 g/mol. The van der Waals surface area contributed by atoms with Crippen LogP contribution in [0.2, 0.25) is 15.1 Å². The number of ether oxygens (including phenoxy) is 1. The molecule has 0 bridgehead atoms. The largest absolute Gasteiger partial charge is 0.495 e. The van der Waals surface area contributed by atoms with Gasteiger partial charge < -0.3 is 20.7 Å². The lowest BCUT2D eigenvalue weighted by Gasteiger charge is -2.31. The summed E-state index contributed by atoms with van der Waals surface area (Å²) in [6.07, 6.45) is 0. The van der Waals surface area contributed by atoms with Crippen molar-refractivity contribution in [3.63, 3.8) is 0 Å². The van der Waals surface area contributed by atoms with E-state index < -0.39 is 6.04 Å². The Kier molecular flexibility index (Phi) is 6.35. The van der Waals surface area contributed by atoms with Gasteiger partial charge in [-0.1, -0.05) is 40.9 Å². The van der Waals surface area contributed by atoms with Gasteiger partial charge in [0, 0.05) is 26.8 Å². The van der Waals surface area contributed by atoms with Crippen LogP contribution in [0.3, 0.4) is 0 Å². The van der Waals surface area contributed by atoms with E-state index in [0.717, 1.165) is 0 Å². The summed E-state index contributed by atoms with van der Waals surface area (Å²) in [6.45, 7) is 1.78. The Balaban J connectivity index is 2.00. The molecule has 3 rings (SSSR count). The number of carbonyl (C=O) groups excluding carboxylic acids is 1. The Hall–Kier alpha value is -1.99. The number of nitrogens with one attached hydrogen (secondary N) is 3. The number of rotatable bonds is 4. The molecule has 0 aromatic heterocycles. The number of benzene rings is 2. The highest BCUT2D eigenvalue weighted by Gasteiger charge is 2.31. The molecule has 1 heterocycles. The summed E-state index contributed by atoms with van der Waals surface area (Å²) >= 11 is 23.6. The molecule has 1 unspecified atom stereocenters. The van der Waals surface area contributed by atoms with Gasteiger partial charge in [-0.15, -0.1) is 0 Å². The van der Waals surface area contributed by atoms with Crippen LogP contribution in [0, 0.1) is 0 Å². The summed E-state index contributed by atoms with van der Waals surface area (Å²) < 4.78 is 5.30. The molecule has 1 aliphatic rings. The number of anilines is 1. The van der Waals surface area contributed by atoms with Crippen molar-refractivity contribution < 1.29 is 9.53 Å². The number of amides is 1. The smallest absolute Gasteiger partial charge is 0.255 e. The lowest BCUT2D eigenvalue weighted by atomic mass is 9.95. The zero-order valence-electron chi connectivity index (χ0n) is 14.9. The highest BCUT2D eigenvalue weighted by Crippen LogP contribution is 2.35. The molecule has 0 spiro atoms. The highest BCUT2D eigenvalue weighted by atomic mass is 35.5. The lowest BCUT2D eigenvalue weighted by molar-refractivity contribution is -0.113. The van der Waals surface area contributed by atoms with E-state index >= 15 is 0 Å². The van der Waals surface area contributed by atoms with Gasteiger partial charge >= 0.3 is 0 Å². The minimum atomic E-state index is -0.545. The van der Waals surface area contributed by atoms with E-state index in [1.807, 2.05) is 0 Å². The highest BCUT2D eigenvalue weighted by molar-refractivity contribution is 7.80. The second kappa shape index (κ2) is 8.57. The normalized spacial score (nSPS) is 16.3. The first kappa shape index (κ1) is 20.7. The third-order valence-electron chi connectivity index (χ3n) is 4.20. The minimum absolute atomic E-state index is 0.336. The molecule has 2 aromatic rings. The Labute approximate surface area is 183 Å². The number of allylic oxidation sites excluding steroid dienone is 1. The standard InChI is InChI=1S/C19H16Cl3N3O2S/c1-9-16(18(26)24-14-6-4-11(21)8-15(14)27-2)17(25-19(28)23-9)12-5-3-10(20)7-13(12)22/h3-8,17H,1-2H3,(H,24,26)(H2,23,25,28). The van der Waals surface area contributed by atoms with Crippen LogP contribution in [-0.4, -0.2) is 18.1 Å². The average Bonchev–Trinajstić information content (AvgIpc) is 2.62. The second-order valence-electron chi connectivity index (χ2n) is 6.03. The fraction of sp³-hybridized carbons (Fsp3) is 0.158. The monoisotopic (exact) mass is 455 g/mol. The van der Waals surface area contributed by atoms with Crippen molar-refractivity contribution in [2.75, 3.05) is 12.4 Å². The SMILES string of the molecule is COc1cc(Cl)ccc1NC(=O)C1=C(C)NC(=S)NC1c1ccc(Cl)cc1Cl. The van der Waals surface area contributed by atoms with E-state index in [1.165, 1.54) is 7.11 Å². The third-order valence-corrected chi connectivity index (χ3v) is 5.22. The van der Waals surface area contributed by atoms with E-state index in [0.29, 0.717) is 48.5 Å². The van der Waals surface area contributed by atoms with Crippen molar-refractivity contribution in [3.05, 3.63) is 68.3 Å². The van der Waals surface area contributed by atoms with Crippen molar-refractivity contribution >= 4 is 63.7 Å². The molecule has 5 nitrogen and oxygen atoms in total. The molecule has 1 aliphatic heterocycles. The lowest BCUT2D eigenvalue weighted by Crippen LogP contribution is -2.45. The van der Waals surface area contributed by atoms with Crippen molar-refractivity contribution in [1.29, 1.82) is 0 Å². The molecule has 2 aromatic carbocycles. The van der Waals surface area contributed by atoms with Crippen LogP contribution in [-0.2, 0) is 4.79 Å². The van der Waals surface area contributed by atoms with Gasteiger partial charge in [-0.2, -0.15) is 0 Å². The summed E-state index contributed by atoms with van der Waals surface area (Å²) in [6, 6.07) is 9.52. The maximum atomic E-state index is 13.1. The number of methoxy groups -OCH3 is 1. The molecule has 9 heteroatoms. The molecular formula is C19H16Cl3N3O2S. The van der Waals surface area contributed by atoms with E-state index in [1.54, 1.807) is 43.3 Å². The predicted octanol–water partition coefficient (Wildman–Crippen LogP) is 5.09. The van der Waals surface area contributed by atoms with Gasteiger partial charge in [0.1, 0.15) is 5.75 Å². The minimum Gasteiger partial charge on any atom is -0.495 e. The Morgan fingerprint density at radius 2 is 1.82 bits per heavy atom. The van der Waals surface area contributed by atoms with Crippen molar-refractivity contribution in [3.8, 4) is 5.75 Å². The molecule has 146 valence electrons. The topological polar surface area (TPSA) is 62.4 Å². The Bertz CT molecular complexity index is 994. The molecule has 1 amide bonds. The molecule has 0 aliphatic carbocycles. The summed E-state index contributed by atoms with van der Waals surface area (Å²) in [5.74, 6) is 0.115. The Morgan fingerprint density at radius 3 is 2.50 bits per heavy atom. The maximum absolute atomic E-state index is 13.1. The first-order valence-corrected chi connectivity index (χ1v) is 9.72. The molecule has 0 radical (unpaired) electrons. The molecule has 3 N–H and O–H groups in total. The van der Waals surface area contributed by atoms with Gasteiger partial charge in [-0.3, -0.25) is 4.79 Å². The van der Waals surface area contributed by atoms with Crippen LogP contribution in [0.1, 0.15) is 18.5 Å². The zero-order chi connectivity index (χ0) is 20.4. The van der Waals surface area contributed by atoms with Crippen LogP contribution < -0.4 is 20.7 Å². The quantitative estimate of drug-likeness (QED) is 0.560. The third kappa shape index (κ3) is 4.36. The summed E-state index contributed by atoms with van der Waals surface area (Å²) in [7, 11) is 1.50. The maximum Gasteiger partial charge on any atom is 0.255 e. The fourth-order valence-corrected chi connectivity index (χ4v) is 3.87. The van der Waals surface area contributed by atoms with Crippen LogP contribution in [0.25, 0.3) is 0 Å². The molecule has 1 atom stereocenters. The fourth-order valence-electron chi connectivity index (χ4n) is 2.92. The van der Waals surface area contributed by atoms with Gasteiger partial charge in [0.2, 0.25) is 0 Å². The van der Waals surface area contributed by atoms with E-state index in [4.69, 9.17) is 51.8 Å². The summed E-state index contributed by atoms with van der Waals surface area (Å²) in [4.78, 5) is 13.1. The van der Waals surface area contributed by atoms with Crippen LogP contribution in [0.15, 0.2) is 47.7 Å². The van der Waals surface area contributed by atoms with Crippen LogP contribution >= 0.6 is 47.0 Å². The van der Waals surface area contributed by atoms with Gasteiger partial charge in [-0.25, -0.2) is 0 Å². The first-order chi connectivity index (χ1) is 13.3. The van der Waals surface area contributed by atoms with Gasteiger partial charge in [-0.05, 0) is 49.0 Å². The van der Waals surface area contributed by atoms with Crippen molar-refractivity contribution in [1.82, 2.24) is 10.6 Å². The number of carbonyl (C=O) groups is 1.